The fourth-order valence-electron chi connectivity index (χ4n) is 8.22. The molecule has 0 aliphatic carbocycles. The first-order chi connectivity index (χ1) is 22.4. The van der Waals surface area contributed by atoms with E-state index in [9.17, 15) is 0 Å². The Morgan fingerprint density at radius 2 is 0.787 bits per heavy atom. The van der Waals surface area contributed by atoms with Crippen molar-refractivity contribution in [2.75, 3.05) is 0 Å². The fourth-order valence-corrected chi connectivity index (χ4v) is 8.22. The van der Waals surface area contributed by atoms with Gasteiger partial charge in [-0.25, -0.2) is 0 Å². The average Bonchev–Trinajstić information content (AvgIpc) is 3.31. The molecular formula is C46H45N. The normalized spacial score (nSPS) is 11.6. The summed E-state index contributed by atoms with van der Waals surface area (Å²) in [4.78, 5) is 0. The number of aromatic nitrogens is 1. The maximum absolute atomic E-state index is 2.46. The number of hydrogen-bond acceptors (Lipinski definition) is 0. The Morgan fingerprint density at radius 3 is 1.26 bits per heavy atom. The molecule has 0 saturated heterocycles. The molecule has 0 N–H and O–H groups in total. The molecule has 47 heavy (non-hydrogen) atoms. The number of benzene rings is 6. The lowest BCUT2D eigenvalue weighted by molar-refractivity contribution is 1.17. The predicted molar refractivity (Wildman–Crippen MR) is 204 cm³/mol. The molecule has 234 valence electrons. The highest BCUT2D eigenvalue weighted by molar-refractivity contribution is 6.12. The van der Waals surface area contributed by atoms with Crippen LogP contribution in [0.1, 0.15) is 55.6 Å². The fraction of sp³-hybridized carbons (Fsp3) is 0.217. The van der Waals surface area contributed by atoms with E-state index in [1.165, 1.54) is 117 Å². The molecule has 1 heterocycles. The number of hydrogen-bond donors (Lipinski definition) is 0. The minimum atomic E-state index is 1.19. The van der Waals surface area contributed by atoms with Gasteiger partial charge in [-0.05, 0) is 184 Å². The number of rotatable bonds is 4. The molecule has 1 aromatic heterocycles. The lowest BCUT2D eigenvalue weighted by Gasteiger charge is -2.16. The summed E-state index contributed by atoms with van der Waals surface area (Å²) in [6.45, 7) is 22.2. The number of aryl methyl sites for hydroxylation is 10. The highest BCUT2D eigenvalue weighted by atomic mass is 15.0. The standard InChI is InChI=1S/C46H45N/c1-26-17-32(7)45(33(8)18-26)36-11-15-43-41(24-36)42-25-37(46-34(9)19-27(2)20-35(46)10)12-16-44(42)47(43)38-13-14-39(31(6)22-38)40-23-29(4)28(3)21-30(40)5/h11-25H,1-10H3. The summed E-state index contributed by atoms with van der Waals surface area (Å²) in [5.74, 6) is 0. The van der Waals surface area contributed by atoms with Crippen molar-refractivity contribution >= 4 is 21.8 Å². The van der Waals surface area contributed by atoms with Crippen molar-refractivity contribution in [2.24, 2.45) is 0 Å². The highest BCUT2D eigenvalue weighted by Crippen LogP contribution is 2.40. The molecule has 0 atom stereocenters. The Kier molecular flexibility index (Phi) is 7.48. The molecule has 0 bridgehead atoms. The zero-order valence-electron chi connectivity index (χ0n) is 29.6. The van der Waals surface area contributed by atoms with Gasteiger partial charge < -0.3 is 4.57 Å². The zero-order valence-corrected chi connectivity index (χ0v) is 29.6. The second-order valence-corrected chi connectivity index (χ2v) is 14.1. The first-order valence-corrected chi connectivity index (χ1v) is 16.8. The second-order valence-electron chi connectivity index (χ2n) is 14.1. The first kappa shape index (κ1) is 30.8. The summed E-state index contributed by atoms with van der Waals surface area (Å²) in [7, 11) is 0. The lowest BCUT2D eigenvalue weighted by Crippen LogP contribution is -1.97. The van der Waals surface area contributed by atoms with Gasteiger partial charge in [0.2, 0.25) is 0 Å². The van der Waals surface area contributed by atoms with Crippen LogP contribution >= 0.6 is 0 Å². The molecule has 0 amide bonds. The Labute approximate surface area is 280 Å². The zero-order chi connectivity index (χ0) is 33.3. The largest absolute Gasteiger partial charge is 0.309 e. The predicted octanol–water partition coefficient (Wildman–Crippen LogP) is 12.9. The van der Waals surface area contributed by atoms with Crippen LogP contribution in [-0.2, 0) is 0 Å². The molecule has 1 nitrogen and oxygen atoms in total. The Balaban J connectivity index is 1.49. The van der Waals surface area contributed by atoms with Gasteiger partial charge in [0.05, 0.1) is 11.0 Å². The van der Waals surface area contributed by atoms with Gasteiger partial charge in [0, 0.05) is 16.5 Å². The van der Waals surface area contributed by atoms with E-state index < -0.39 is 0 Å². The molecule has 0 unspecified atom stereocenters. The van der Waals surface area contributed by atoms with Crippen molar-refractivity contribution in [2.45, 2.75) is 69.2 Å². The summed E-state index contributed by atoms with van der Waals surface area (Å²) >= 11 is 0. The van der Waals surface area contributed by atoms with Crippen LogP contribution < -0.4 is 0 Å². The van der Waals surface area contributed by atoms with E-state index in [0.717, 1.165) is 0 Å². The van der Waals surface area contributed by atoms with Crippen LogP contribution in [0, 0.1) is 69.2 Å². The van der Waals surface area contributed by atoms with E-state index in [-0.39, 0.29) is 0 Å². The van der Waals surface area contributed by atoms with Crippen LogP contribution in [0.25, 0.3) is 60.9 Å². The molecule has 0 aliphatic heterocycles. The van der Waals surface area contributed by atoms with E-state index >= 15 is 0 Å². The maximum Gasteiger partial charge on any atom is 0.0541 e. The van der Waals surface area contributed by atoms with E-state index in [1.54, 1.807) is 0 Å². The van der Waals surface area contributed by atoms with Crippen LogP contribution in [0.3, 0.4) is 0 Å². The third kappa shape index (κ3) is 5.19. The summed E-state index contributed by atoms with van der Waals surface area (Å²) in [5.41, 5.74) is 24.7. The quantitative estimate of drug-likeness (QED) is 0.187. The Morgan fingerprint density at radius 1 is 0.340 bits per heavy atom. The van der Waals surface area contributed by atoms with Gasteiger partial charge in [-0.2, -0.15) is 0 Å². The lowest BCUT2D eigenvalue weighted by atomic mass is 9.91. The molecule has 0 fully saturated rings. The molecule has 0 spiro atoms. The van der Waals surface area contributed by atoms with E-state index in [4.69, 9.17) is 0 Å². The first-order valence-electron chi connectivity index (χ1n) is 16.8. The molecule has 0 aliphatic rings. The van der Waals surface area contributed by atoms with Gasteiger partial charge in [0.1, 0.15) is 0 Å². The van der Waals surface area contributed by atoms with Gasteiger partial charge in [0.15, 0.2) is 0 Å². The van der Waals surface area contributed by atoms with Crippen LogP contribution in [0.2, 0.25) is 0 Å². The van der Waals surface area contributed by atoms with Gasteiger partial charge in [0.25, 0.3) is 0 Å². The summed E-state index contributed by atoms with van der Waals surface area (Å²) in [5, 5.41) is 2.57. The number of fused-ring (bicyclic) bond motifs is 3. The van der Waals surface area contributed by atoms with Gasteiger partial charge in [-0.1, -0.05) is 65.7 Å². The summed E-state index contributed by atoms with van der Waals surface area (Å²) in [6, 6.07) is 35.0. The van der Waals surface area contributed by atoms with Crippen LogP contribution in [0.4, 0.5) is 0 Å². The van der Waals surface area contributed by atoms with E-state index in [2.05, 4.69) is 165 Å². The van der Waals surface area contributed by atoms with Gasteiger partial charge >= 0.3 is 0 Å². The van der Waals surface area contributed by atoms with Gasteiger partial charge in [-0.15, -0.1) is 0 Å². The van der Waals surface area contributed by atoms with Crippen molar-refractivity contribution in [1.82, 2.24) is 4.57 Å². The average molecular weight is 612 g/mol. The van der Waals surface area contributed by atoms with E-state index in [0.29, 0.717) is 0 Å². The molecule has 7 rings (SSSR count). The SMILES string of the molecule is Cc1cc(C)c(-c2ccc3c(c2)c2cc(-c4c(C)cc(C)cc4C)ccc2n3-c2ccc(-c3cc(C)c(C)cc3C)c(C)c2)c(C)c1. The molecule has 7 aromatic rings. The molecule has 6 aromatic carbocycles. The highest BCUT2D eigenvalue weighted by Gasteiger charge is 2.18. The van der Waals surface area contributed by atoms with Crippen molar-refractivity contribution in [3.8, 4) is 39.1 Å². The van der Waals surface area contributed by atoms with E-state index in [1.807, 2.05) is 0 Å². The van der Waals surface area contributed by atoms with Crippen molar-refractivity contribution in [3.05, 3.63) is 147 Å². The van der Waals surface area contributed by atoms with Crippen LogP contribution in [0.5, 0.6) is 0 Å². The third-order valence-corrected chi connectivity index (χ3v) is 10.3. The van der Waals surface area contributed by atoms with Gasteiger partial charge in [-0.3, -0.25) is 0 Å². The smallest absolute Gasteiger partial charge is 0.0541 e. The van der Waals surface area contributed by atoms with Crippen molar-refractivity contribution in [3.63, 3.8) is 0 Å². The molecule has 0 saturated carbocycles. The van der Waals surface area contributed by atoms with Crippen LogP contribution in [0.15, 0.2) is 91.0 Å². The van der Waals surface area contributed by atoms with Crippen molar-refractivity contribution < 1.29 is 0 Å². The minimum Gasteiger partial charge on any atom is -0.309 e. The monoisotopic (exact) mass is 611 g/mol. The third-order valence-electron chi connectivity index (χ3n) is 10.3. The van der Waals surface area contributed by atoms with Crippen LogP contribution in [-0.4, -0.2) is 4.57 Å². The maximum atomic E-state index is 2.46. The second kappa shape index (κ2) is 11.4. The molecule has 1 heteroatoms. The minimum absolute atomic E-state index is 1.19. The molecule has 0 radical (unpaired) electrons. The Hall–Kier alpha value is -4.88. The van der Waals surface area contributed by atoms with Crippen molar-refractivity contribution in [1.29, 1.82) is 0 Å². The topological polar surface area (TPSA) is 4.93 Å². The summed E-state index contributed by atoms with van der Waals surface area (Å²) in [6.07, 6.45) is 0. The summed E-state index contributed by atoms with van der Waals surface area (Å²) < 4.78 is 2.46. The number of nitrogens with zero attached hydrogens (tertiary/aromatic N) is 1. The molecular weight excluding hydrogens is 567 g/mol. The Bertz CT molecular complexity index is 2230.